The summed E-state index contributed by atoms with van der Waals surface area (Å²) in [7, 11) is -3.89. The Hall–Kier alpha value is -3.52. The molecule has 0 aromatic heterocycles. The molecule has 0 spiro atoms. The molecule has 178 valence electrons. The summed E-state index contributed by atoms with van der Waals surface area (Å²) in [6.45, 7) is 6.13. The zero-order chi connectivity index (χ0) is 24.3. The third-order valence-corrected chi connectivity index (χ3v) is 7.48. The van der Waals surface area contributed by atoms with Crippen molar-refractivity contribution in [3.8, 4) is 11.5 Å². The van der Waals surface area contributed by atoms with Crippen molar-refractivity contribution in [2.45, 2.75) is 37.8 Å². The van der Waals surface area contributed by atoms with Crippen LogP contribution in [0, 0.1) is 6.92 Å². The lowest BCUT2D eigenvalue weighted by Crippen LogP contribution is -2.51. The summed E-state index contributed by atoms with van der Waals surface area (Å²) in [5.74, 6) is 0.715. The van der Waals surface area contributed by atoms with Gasteiger partial charge < -0.3 is 14.8 Å². The fourth-order valence-electron chi connectivity index (χ4n) is 3.81. The summed E-state index contributed by atoms with van der Waals surface area (Å²) in [4.78, 5) is 13.3. The van der Waals surface area contributed by atoms with E-state index in [1.54, 1.807) is 48.5 Å². The van der Waals surface area contributed by atoms with Gasteiger partial charge in [0.1, 0.15) is 11.5 Å². The van der Waals surface area contributed by atoms with Crippen molar-refractivity contribution < 1.29 is 22.7 Å². The minimum atomic E-state index is -3.89. The minimum absolute atomic E-state index is 0.130. The van der Waals surface area contributed by atoms with Crippen LogP contribution in [0.25, 0.3) is 0 Å². The van der Waals surface area contributed by atoms with Crippen molar-refractivity contribution in [1.29, 1.82) is 0 Å². The van der Waals surface area contributed by atoms with E-state index in [0.717, 1.165) is 16.9 Å². The quantitative estimate of drug-likeness (QED) is 0.547. The molecule has 8 heteroatoms. The third-order valence-electron chi connectivity index (χ3n) is 5.69. The second-order valence-electron chi connectivity index (χ2n) is 8.16. The Kier molecular flexibility index (Phi) is 6.79. The van der Waals surface area contributed by atoms with Crippen LogP contribution in [0.5, 0.6) is 11.5 Å². The van der Waals surface area contributed by atoms with Crippen LogP contribution in [0.1, 0.15) is 31.0 Å². The molecule has 34 heavy (non-hydrogen) atoms. The number of carbonyl (C=O) groups excluding carboxylic acids is 1. The number of amides is 1. The number of para-hydroxylation sites is 2. The molecule has 0 unspecified atom stereocenters. The molecule has 1 N–H and O–H groups in total. The number of benzene rings is 3. The van der Waals surface area contributed by atoms with Gasteiger partial charge >= 0.3 is 0 Å². The zero-order valence-corrected chi connectivity index (χ0v) is 20.2. The largest absolute Gasteiger partial charge is 0.494 e. The van der Waals surface area contributed by atoms with Crippen LogP contribution >= 0.6 is 0 Å². The smallest absolute Gasteiger partial charge is 0.264 e. The van der Waals surface area contributed by atoms with Gasteiger partial charge in [0.25, 0.3) is 15.9 Å². The van der Waals surface area contributed by atoms with Gasteiger partial charge in [0, 0.05) is 0 Å². The number of sulfonamides is 1. The van der Waals surface area contributed by atoms with Gasteiger partial charge in [-0.25, -0.2) is 8.42 Å². The molecule has 1 aliphatic heterocycles. The number of carbonyl (C=O) groups is 1. The first-order valence-electron chi connectivity index (χ1n) is 11.2. The van der Waals surface area contributed by atoms with E-state index in [2.05, 4.69) is 5.32 Å². The molecule has 0 saturated carbocycles. The first-order valence-corrected chi connectivity index (χ1v) is 12.6. The van der Waals surface area contributed by atoms with Gasteiger partial charge in [0.15, 0.2) is 6.10 Å². The maximum Gasteiger partial charge on any atom is 0.264 e. The molecule has 1 aliphatic rings. The predicted octanol–water partition coefficient (Wildman–Crippen LogP) is 4.23. The number of hydrogen-bond donors (Lipinski definition) is 1. The van der Waals surface area contributed by atoms with E-state index >= 15 is 0 Å². The van der Waals surface area contributed by atoms with Gasteiger partial charge in [-0.15, -0.1) is 0 Å². The van der Waals surface area contributed by atoms with Crippen LogP contribution in [-0.4, -0.2) is 33.6 Å². The van der Waals surface area contributed by atoms with E-state index in [0.29, 0.717) is 18.0 Å². The second-order valence-corrected chi connectivity index (χ2v) is 10.0. The number of anilines is 1. The van der Waals surface area contributed by atoms with Gasteiger partial charge in [0.05, 0.1) is 29.8 Å². The van der Waals surface area contributed by atoms with Crippen LogP contribution in [0.4, 0.5) is 5.69 Å². The monoisotopic (exact) mass is 480 g/mol. The maximum absolute atomic E-state index is 13.5. The van der Waals surface area contributed by atoms with Gasteiger partial charge in [-0.1, -0.05) is 42.0 Å². The van der Waals surface area contributed by atoms with Crippen LogP contribution in [0.2, 0.25) is 0 Å². The van der Waals surface area contributed by atoms with E-state index in [4.69, 9.17) is 9.47 Å². The highest BCUT2D eigenvalue weighted by Gasteiger charge is 2.37. The van der Waals surface area contributed by atoms with E-state index in [9.17, 15) is 13.2 Å². The molecular formula is C26H28N2O5S. The van der Waals surface area contributed by atoms with Crippen LogP contribution in [0.15, 0.2) is 77.7 Å². The molecule has 1 amide bonds. The summed E-state index contributed by atoms with van der Waals surface area (Å²) in [6.07, 6.45) is -1.000. The number of fused-ring (bicyclic) bond motifs is 1. The Morgan fingerprint density at radius 1 is 1.09 bits per heavy atom. The van der Waals surface area contributed by atoms with Gasteiger partial charge in [-0.05, 0) is 62.7 Å². The standard InChI is InChI=1S/C26H28N2O5S/c1-4-32-21-13-11-20(12-14-21)19(3)27-26(29)25-17-28(23-7-5-6-8-24(23)33-25)34(30,31)22-15-9-18(2)10-16-22/h5-16,19,25H,4,17H2,1-3H3,(H,27,29)/t19-,25-/m0/s1. The second kappa shape index (κ2) is 9.77. The summed E-state index contributed by atoms with van der Waals surface area (Å²) in [6, 6.07) is 20.7. The molecule has 1 heterocycles. The highest BCUT2D eigenvalue weighted by Crippen LogP contribution is 2.37. The van der Waals surface area contributed by atoms with Crippen molar-refractivity contribution in [3.63, 3.8) is 0 Å². The number of aryl methyl sites for hydroxylation is 1. The van der Waals surface area contributed by atoms with Crippen molar-refractivity contribution in [2.24, 2.45) is 0 Å². The lowest BCUT2D eigenvalue weighted by atomic mass is 10.1. The Bertz CT molecular complexity index is 1260. The molecule has 0 radical (unpaired) electrons. The Balaban J connectivity index is 1.56. The summed E-state index contributed by atoms with van der Waals surface area (Å²) in [5, 5.41) is 2.94. The highest BCUT2D eigenvalue weighted by molar-refractivity contribution is 7.92. The van der Waals surface area contributed by atoms with Crippen molar-refractivity contribution in [1.82, 2.24) is 5.32 Å². The number of rotatable bonds is 7. The molecule has 0 saturated heterocycles. The van der Waals surface area contributed by atoms with Gasteiger partial charge in [-0.2, -0.15) is 0 Å². The number of ether oxygens (including phenoxy) is 2. The number of hydrogen-bond acceptors (Lipinski definition) is 5. The summed E-state index contributed by atoms with van der Waals surface area (Å²) in [5.41, 5.74) is 2.27. The van der Waals surface area contributed by atoms with Gasteiger partial charge in [-0.3, -0.25) is 9.10 Å². The van der Waals surface area contributed by atoms with E-state index in [-0.39, 0.29) is 23.4 Å². The average molecular weight is 481 g/mol. The predicted molar refractivity (Wildman–Crippen MR) is 131 cm³/mol. The topological polar surface area (TPSA) is 84.9 Å². The first-order chi connectivity index (χ1) is 16.3. The van der Waals surface area contributed by atoms with Crippen LogP contribution < -0.4 is 19.1 Å². The lowest BCUT2D eigenvalue weighted by molar-refractivity contribution is -0.128. The molecule has 3 aromatic carbocycles. The van der Waals surface area contributed by atoms with Crippen molar-refractivity contribution in [3.05, 3.63) is 83.9 Å². The van der Waals surface area contributed by atoms with Crippen molar-refractivity contribution >= 4 is 21.6 Å². The van der Waals surface area contributed by atoms with Crippen molar-refractivity contribution in [2.75, 3.05) is 17.5 Å². The molecule has 0 fully saturated rings. The summed E-state index contributed by atoms with van der Waals surface area (Å²) < 4.78 is 39.6. The average Bonchev–Trinajstić information content (AvgIpc) is 2.84. The van der Waals surface area contributed by atoms with E-state index < -0.39 is 16.1 Å². The highest BCUT2D eigenvalue weighted by atomic mass is 32.2. The van der Waals surface area contributed by atoms with E-state index in [1.165, 1.54) is 4.31 Å². The van der Waals surface area contributed by atoms with Crippen LogP contribution in [-0.2, 0) is 14.8 Å². The number of nitrogens with zero attached hydrogens (tertiary/aromatic N) is 1. The molecule has 4 rings (SSSR count). The molecular weight excluding hydrogens is 452 g/mol. The Labute approximate surface area is 200 Å². The zero-order valence-electron chi connectivity index (χ0n) is 19.4. The van der Waals surface area contributed by atoms with Crippen LogP contribution in [0.3, 0.4) is 0 Å². The Morgan fingerprint density at radius 2 is 1.76 bits per heavy atom. The SMILES string of the molecule is CCOc1ccc([C@H](C)NC(=O)[C@@H]2CN(S(=O)(=O)c3ccc(C)cc3)c3ccccc3O2)cc1. The molecule has 3 aromatic rings. The maximum atomic E-state index is 13.5. The van der Waals surface area contributed by atoms with Gasteiger partial charge in [0.2, 0.25) is 0 Å². The fraction of sp³-hybridized carbons (Fsp3) is 0.269. The third kappa shape index (κ3) is 4.87. The normalized spacial score (nSPS) is 16.2. The molecule has 2 atom stereocenters. The first kappa shape index (κ1) is 23.6. The molecule has 0 aliphatic carbocycles. The fourth-order valence-corrected chi connectivity index (χ4v) is 5.29. The lowest BCUT2D eigenvalue weighted by Gasteiger charge is -2.35. The Morgan fingerprint density at radius 3 is 2.44 bits per heavy atom. The molecule has 0 bridgehead atoms. The minimum Gasteiger partial charge on any atom is -0.494 e. The van der Waals surface area contributed by atoms with E-state index in [1.807, 2.05) is 45.0 Å². The number of nitrogens with one attached hydrogen (secondary N) is 1. The summed E-state index contributed by atoms with van der Waals surface area (Å²) >= 11 is 0. The molecule has 7 nitrogen and oxygen atoms in total.